The summed E-state index contributed by atoms with van der Waals surface area (Å²) in [6.45, 7) is 7.85. The molecule has 2 saturated heterocycles. The van der Waals surface area contributed by atoms with E-state index in [-0.39, 0.29) is 10.8 Å². The predicted octanol–water partition coefficient (Wildman–Crippen LogP) is 2.94. The Labute approximate surface area is 163 Å². The van der Waals surface area contributed by atoms with Crippen LogP contribution in [0.25, 0.3) is 0 Å². The fraction of sp³-hybridized carbons (Fsp3) is 0.650. The molecule has 2 heterocycles. The molecule has 1 aromatic carbocycles. The summed E-state index contributed by atoms with van der Waals surface area (Å²) in [7, 11) is -3.58. The van der Waals surface area contributed by atoms with E-state index in [1.807, 2.05) is 24.8 Å². The summed E-state index contributed by atoms with van der Waals surface area (Å²) >= 11 is 0. The molecule has 6 nitrogen and oxygen atoms in total. The van der Waals surface area contributed by atoms with Crippen LogP contribution < -0.4 is 4.90 Å². The molecule has 0 spiro atoms. The highest BCUT2D eigenvalue weighted by atomic mass is 32.2. The Kier molecular flexibility index (Phi) is 6.42. The fourth-order valence-corrected chi connectivity index (χ4v) is 5.55. The molecule has 0 aliphatic carbocycles. The minimum absolute atomic E-state index is 0.0341. The zero-order valence-corrected chi connectivity index (χ0v) is 17.3. The summed E-state index contributed by atoms with van der Waals surface area (Å²) in [5, 5.41) is 0. The van der Waals surface area contributed by atoms with Crippen LogP contribution in [0.2, 0.25) is 0 Å². The van der Waals surface area contributed by atoms with Crippen molar-refractivity contribution >= 4 is 21.6 Å². The third-order valence-corrected chi connectivity index (χ3v) is 7.68. The summed E-state index contributed by atoms with van der Waals surface area (Å²) in [6, 6.07) is 5.10. The molecule has 0 bridgehead atoms. The van der Waals surface area contributed by atoms with Crippen LogP contribution in [0.4, 0.5) is 5.69 Å². The zero-order chi connectivity index (χ0) is 19.4. The third-order valence-electron chi connectivity index (χ3n) is 5.63. The summed E-state index contributed by atoms with van der Waals surface area (Å²) in [5.74, 6) is -0.0341. The van der Waals surface area contributed by atoms with E-state index in [2.05, 4.69) is 4.90 Å². The van der Waals surface area contributed by atoms with Gasteiger partial charge in [-0.25, -0.2) is 8.42 Å². The van der Waals surface area contributed by atoms with Crippen molar-refractivity contribution in [1.29, 1.82) is 0 Å². The number of rotatable bonds is 6. The van der Waals surface area contributed by atoms with Crippen molar-refractivity contribution in [2.75, 3.05) is 44.2 Å². The van der Waals surface area contributed by atoms with Crippen LogP contribution in [0.5, 0.6) is 0 Å². The van der Waals surface area contributed by atoms with Gasteiger partial charge in [-0.2, -0.15) is 4.31 Å². The highest BCUT2D eigenvalue weighted by molar-refractivity contribution is 7.89. The lowest BCUT2D eigenvalue weighted by molar-refractivity contribution is 0.0724. The van der Waals surface area contributed by atoms with Crippen LogP contribution in [-0.2, 0) is 10.0 Å². The molecule has 1 aromatic rings. The number of carbonyl (C=O) groups is 1. The van der Waals surface area contributed by atoms with E-state index in [1.165, 1.54) is 4.31 Å². The lowest BCUT2D eigenvalue weighted by Gasteiger charge is -2.29. The Morgan fingerprint density at radius 2 is 1.56 bits per heavy atom. The molecule has 27 heavy (non-hydrogen) atoms. The van der Waals surface area contributed by atoms with Crippen molar-refractivity contribution < 1.29 is 13.2 Å². The van der Waals surface area contributed by atoms with E-state index < -0.39 is 10.0 Å². The maximum atomic E-state index is 13.3. The second kappa shape index (κ2) is 8.61. The zero-order valence-electron chi connectivity index (χ0n) is 16.5. The number of nitrogens with zero attached hydrogens (tertiary/aromatic N) is 3. The van der Waals surface area contributed by atoms with E-state index in [4.69, 9.17) is 0 Å². The Bertz CT molecular complexity index is 763. The second-order valence-corrected chi connectivity index (χ2v) is 9.25. The van der Waals surface area contributed by atoms with Crippen molar-refractivity contribution in [2.45, 2.75) is 50.8 Å². The SMILES string of the molecule is CCN(CC)S(=O)(=O)c1ccc(N2CCCC2)c(C(=O)N2CCCCC2)c1. The average Bonchev–Trinajstić information content (AvgIpc) is 3.23. The standard InChI is InChI=1S/C20H31N3O3S/c1-3-23(4-2)27(25,26)17-10-11-19(21-12-8-9-13-21)18(16-17)20(24)22-14-6-5-7-15-22/h10-11,16H,3-9,12-15H2,1-2H3. The van der Waals surface area contributed by atoms with Gasteiger partial charge >= 0.3 is 0 Å². The van der Waals surface area contributed by atoms with E-state index in [9.17, 15) is 13.2 Å². The Morgan fingerprint density at radius 1 is 0.963 bits per heavy atom. The van der Waals surface area contributed by atoms with Gasteiger partial charge in [-0.15, -0.1) is 0 Å². The van der Waals surface area contributed by atoms with Crippen LogP contribution in [0.15, 0.2) is 23.1 Å². The van der Waals surface area contributed by atoms with Crippen LogP contribution in [0.3, 0.4) is 0 Å². The lowest BCUT2D eigenvalue weighted by atomic mass is 10.1. The number of anilines is 1. The van der Waals surface area contributed by atoms with E-state index in [0.717, 1.165) is 64.0 Å². The Hall–Kier alpha value is -1.60. The summed E-state index contributed by atoms with van der Waals surface area (Å²) in [6.07, 6.45) is 5.40. The van der Waals surface area contributed by atoms with Crippen LogP contribution in [0, 0.1) is 0 Å². The largest absolute Gasteiger partial charge is 0.371 e. The van der Waals surface area contributed by atoms with Crippen LogP contribution >= 0.6 is 0 Å². The van der Waals surface area contributed by atoms with Gasteiger partial charge in [0.2, 0.25) is 10.0 Å². The van der Waals surface area contributed by atoms with Crippen LogP contribution in [0.1, 0.15) is 56.3 Å². The average molecular weight is 394 g/mol. The molecule has 2 fully saturated rings. The number of sulfonamides is 1. The molecular formula is C20H31N3O3S. The van der Waals surface area contributed by atoms with Crippen LogP contribution in [-0.4, -0.2) is 62.8 Å². The molecule has 2 aliphatic heterocycles. The Balaban J connectivity index is 2.02. The molecule has 150 valence electrons. The number of carbonyl (C=O) groups excluding carboxylic acids is 1. The first-order chi connectivity index (χ1) is 13.0. The number of amides is 1. The number of likely N-dealkylation sites (tertiary alicyclic amines) is 1. The molecular weight excluding hydrogens is 362 g/mol. The minimum Gasteiger partial charge on any atom is -0.371 e. The van der Waals surface area contributed by atoms with E-state index in [1.54, 1.807) is 12.1 Å². The first kappa shape index (κ1) is 20.1. The summed E-state index contributed by atoms with van der Waals surface area (Å²) in [4.78, 5) is 17.6. The summed E-state index contributed by atoms with van der Waals surface area (Å²) in [5.41, 5.74) is 1.41. The molecule has 0 unspecified atom stereocenters. The molecule has 0 aromatic heterocycles. The normalized spacial score (nSPS) is 18.3. The van der Waals surface area contributed by atoms with Crippen molar-refractivity contribution in [3.63, 3.8) is 0 Å². The van der Waals surface area contributed by atoms with Crippen molar-refractivity contribution in [3.8, 4) is 0 Å². The molecule has 0 N–H and O–H groups in total. The second-order valence-electron chi connectivity index (χ2n) is 7.32. The van der Waals surface area contributed by atoms with Gasteiger partial charge in [-0.05, 0) is 50.3 Å². The lowest BCUT2D eigenvalue weighted by Crippen LogP contribution is -2.37. The molecule has 0 radical (unpaired) electrons. The monoisotopic (exact) mass is 393 g/mol. The molecule has 0 atom stereocenters. The van der Waals surface area contributed by atoms with Gasteiger partial charge in [-0.1, -0.05) is 13.8 Å². The Morgan fingerprint density at radius 3 is 2.15 bits per heavy atom. The topological polar surface area (TPSA) is 60.9 Å². The molecule has 3 rings (SSSR count). The highest BCUT2D eigenvalue weighted by Gasteiger charge is 2.28. The van der Waals surface area contributed by atoms with E-state index in [0.29, 0.717) is 18.7 Å². The highest BCUT2D eigenvalue weighted by Crippen LogP contribution is 2.30. The molecule has 7 heteroatoms. The number of piperidine rings is 1. The van der Waals surface area contributed by atoms with Gasteiger partial charge in [0.25, 0.3) is 5.91 Å². The maximum Gasteiger partial charge on any atom is 0.256 e. The molecule has 1 amide bonds. The van der Waals surface area contributed by atoms with Gasteiger partial charge in [0.1, 0.15) is 0 Å². The van der Waals surface area contributed by atoms with Crippen molar-refractivity contribution in [3.05, 3.63) is 23.8 Å². The van der Waals surface area contributed by atoms with Gasteiger partial charge in [0.05, 0.1) is 10.5 Å². The van der Waals surface area contributed by atoms with Gasteiger partial charge in [0, 0.05) is 45.0 Å². The quantitative estimate of drug-likeness (QED) is 0.746. The number of hydrogen-bond acceptors (Lipinski definition) is 4. The predicted molar refractivity (Wildman–Crippen MR) is 108 cm³/mol. The van der Waals surface area contributed by atoms with E-state index >= 15 is 0 Å². The maximum absolute atomic E-state index is 13.3. The summed E-state index contributed by atoms with van der Waals surface area (Å²) < 4.78 is 27.4. The molecule has 0 saturated carbocycles. The van der Waals surface area contributed by atoms with Gasteiger partial charge in [-0.3, -0.25) is 4.79 Å². The number of hydrogen-bond donors (Lipinski definition) is 0. The first-order valence-electron chi connectivity index (χ1n) is 10.2. The van der Waals surface area contributed by atoms with Crippen molar-refractivity contribution in [2.24, 2.45) is 0 Å². The minimum atomic E-state index is -3.58. The van der Waals surface area contributed by atoms with Gasteiger partial charge < -0.3 is 9.80 Å². The third kappa shape index (κ3) is 4.14. The fourth-order valence-electron chi connectivity index (χ4n) is 4.06. The first-order valence-corrected chi connectivity index (χ1v) is 11.6. The van der Waals surface area contributed by atoms with Gasteiger partial charge in [0.15, 0.2) is 0 Å². The number of benzene rings is 1. The van der Waals surface area contributed by atoms with Crippen molar-refractivity contribution in [1.82, 2.24) is 9.21 Å². The smallest absolute Gasteiger partial charge is 0.256 e. The molecule has 2 aliphatic rings.